The number of amides is 1. The molecule has 1 amide bonds. The van der Waals surface area contributed by atoms with Crippen LogP contribution in [0.15, 0.2) is 60.8 Å². The first-order valence-corrected chi connectivity index (χ1v) is 9.53. The van der Waals surface area contributed by atoms with E-state index in [1.54, 1.807) is 42.8 Å². The number of hydrogen-bond acceptors (Lipinski definition) is 6. The fourth-order valence-corrected chi connectivity index (χ4v) is 3.88. The number of pyridine rings is 1. The van der Waals surface area contributed by atoms with E-state index in [0.717, 1.165) is 20.6 Å². The number of aromatic nitrogens is 2. The van der Waals surface area contributed by atoms with E-state index < -0.39 is 5.97 Å². The average Bonchev–Trinajstić information content (AvgIpc) is 3.13. The number of benzene rings is 2. The molecule has 0 aliphatic heterocycles. The van der Waals surface area contributed by atoms with Gasteiger partial charge in [-0.25, -0.2) is 9.78 Å². The zero-order valence-electron chi connectivity index (χ0n) is 15.2. The first kappa shape index (κ1) is 18.1. The van der Waals surface area contributed by atoms with Gasteiger partial charge in [-0.3, -0.25) is 9.78 Å². The van der Waals surface area contributed by atoms with Gasteiger partial charge in [-0.2, -0.15) is 0 Å². The molecule has 0 atom stereocenters. The highest BCUT2D eigenvalue weighted by atomic mass is 32.1. The standard InChI is InChI=1S/C21H17N3O3S/c1-24(12-18-23-16-9-2-3-10-17(16)28-18)19(25)13-27-21(26)15-8-4-6-14-7-5-11-22-20(14)15/h2-11H,12-13H2,1H3. The third kappa shape index (κ3) is 3.70. The Labute approximate surface area is 165 Å². The van der Waals surface area contributed by atoms with Crippen LogP contribution in [0.5, 0.6) is 0 Å². The lowest BCUT2D eigenvalue weighted by molar-refractivity contribution is -0.133. The monoisotopic (exact) mass is 391 g/mol. The van der Waals surface area contributed by atoms with Gasteiger partial charge in [0, 0.05) is 18.6 Å². The first-order valence-electron chi connectivity index (χ1n) is 8.71. The van der Waals surface area contributed by atoms with Gasteiger partial charge in [0.05, 0.1) is 27.8 Å². The fraction of sp³-hybridized carbons (Fsp3) is 0.143. The molecule has 0 N–H and O–H groups in total. The van der Waals surface area contributed by atoms with Gasteiger partial charge in [0.15, 0.2) is 6.61 Å². The Hall–Kier alpha value is -3.32. The lowest BCUT2D eigenvalue weighted by Gasteiger charge is -2.15. The summed E-state index contributed by atoms with van der Waals surface area (Å²) >= 11 is 1.54. The van der Waals surface area contributed by atoms with Gasteiger partial charge in [-0.05, 0) is 24.3 Å². The summed E-state index contributed by atoms with van der Waals surface area (Å²) < 4.78 is 6.31. The number of likely N-dealkylation sites (N-methyl/N-ethyl adjacent to an activating group) is 1. The van der Waals surface area contributed by atoms with Crippen molar-refractivity contribution in [3.05, 3.63) is 71.4 Å². The van der Waals surface area contributed by atoms with Crippen LogP contribution in [-0.2, 0) is 16.1 Å². The number of nitrogens with zero attached hydrogens (tertiary/aromatic N) is 3. The SMILES string of the molecule is CN(Cc1nc2ccccc2s1)C(=O)COC(=O)c1cccc2cccnc12. The summed E-state index contributed by atoms with van der Waals surface area (Å²) in [7, 11) is 1.67. The van der Waals surface area contributed by atoms with Crippen LogP contribution in [0.3, 0.4) is 0 Å². The lowest BCUT2D eigenvalue weighted by atomic mass is 10.1. The molecule has 0 spiro atoms. The summed E-state index contributed by atoms with van der Waals surface area (Å²) in [4.78, 5) is 35.1. The number of fused-ring (bicyclic) bond motifs is 2. The summed E-state index contributed by atoms with van der Waals surface area (Å²) in [5.74, 6) is -0.855. The Morgan fingerprint density at radius 2 is 1.89 bits per heavy atom. The highest BCUT2D eigenvalue weighted by Crippen LogP contribution is 2.22. The summed E-state index contributed by atoms with van der Waals surface area (Å²) in [5, 5.41) is 1.68. The Morgan fingerprint density at radius 1 is 1.07 bits per heavy atom. The van der Waals surface area contributed by atoms with Gasteiger partial charge >= 0.3 is 5.97 Å². The number of hydrogen-bond donors (Lipinski definition) is 0. The summed E-state index contributed by atoms with van der Waals surface area (Å²) in [6, 6.07) is 16.8. The zero-order chi connectivity index (χ0) is 19.5. The third-order valence-electron chi connectivity index (χ3n) is 4.32. The first-order chi connectivity index (χ1) is 13.6. The van der Waals surface area contributed by atoms with Crippen LogP contribution < -0.4 is 0 Å². The van der Waals surface area contributed by atoms with Crippen molar-refractivity contribution >= 4 is 44.3 Å². The number of carbonyl (C=O) groups excluding carboxylic acids is 2. The van der Waals surface area contributed by atoms with E-state index in [9.17, 15) is 9.59 Å². The van der Waals surface area contributed by atoms with Crippen molar-refractivity contribution in [2.45, 2.75) is 6.54 Å². The van der Waals surface area contributed by atoms with Crippen molar-refractivity contribution in [1.29, 1.82) is 0 Å². The van der Waals surface area contributed by atoms with Gasteiger partial charge in [-0.1, -0.05) is 30.3 Å². The predicted molar refractivity (Wildman–Crippen MR) is 108 cm³/mol. The molecule has 0 radical (unpaired) electrons. The molecule has 2 aromatic heterocycles. The second-order valence-electron chi connectivity index (χ2n) is 6.28. The van der Waals surface area contributed by atoms with Gasteiger partial charge in [0.25, 0.3) is 5.91 Å². The topological polar surface area (TPSA) is 72.4 Å². The number of thiazole rings is 1. The number of ether oxygens (including phenoxy) is 1. The molecule has 2 aromatic carbocycles. The number of esters is 1. The quantitative estimate of drug-likeness (QED) is 0.486. The van der Waals surface area contributed by atoms with Crippen LogP contribution in [0.25, 0.3) is 21.1 Å². The Morgan fingerprint density at radius 3 is 2.75 bits per heavy atom. The van der Waals surface area contributed by atoms with Crippen molar-refractivity contribution in [2.75, 3.05) is 13.7 Å². The zero-order valence-corrected chi connectivity index (χ0v) is 16.0. The normalized spacial score (nSPS) is 10.9. The summed E-state index contributed by atoms with van der Waals surface area (Å²) in [6.07, 6.45) is 1.62. The molecular weight excluding hydrogens is 374 g/mol. The van der Waals surface area contributed by atoms with E-state index in [4.69, 9.17) is 4.74 Å². The Bertz CT molecular complexity index is 1130. The highest BCUT2D eigenvalue weighted by molar-refractivity contribution is 7.18. The van der Waals surface area contributed by atoms with E-state index in [-0.39, 0.29) is 12.5 Å². The van der Waals surface area contributed by atoms with Crippen molar-refractivity contribution in [3.63, 3.8) is 0 Å². The van der Waals surface area contributed by atoms with E-state index in [1.165, 1.54) is 4.90 Å². The fourth-order valence-electron chi connectivity index (χ4n) is 2.86. The molecule has 0 saturated heterocycles. The molecule has 0 saturated carbocycles. The predicted octanol–water partition coefficient (Wildman–Crippen LogP) is 3.66. The maximum absolute atomic E-state index is 12.4. The van der Waals surface area contributed by atoms with Crippen LogP contribution in [0.4, 0.5) is 0 Å². The molecule has 4 aromatic rings. The minimum absolute atomic E-state index is 0.291. The number of rotatable bonds is 5. The van der Waals surface area contributed by atoms with Crippen LogP contribution >= 0.6 is 11.3 Å². The molecule has 4 rings (SSSR count). The number of para-hydroxylation sites is 2. The highest BCUT2D eigenvalue weighted by Gasteiger charge is 2.17. The maximum Gasteiger partial charge on any atom is 0.340 e. The molecule has 7 heteroatoms. The molecule has 6 nitrogen and oxygen atoms in total. The van der Waals surface area contributed by atoms with E-state index >= 15 is 0 Å². The summed E-state index contributed by atoms with van der Waals surface area (Å²) in [5.41, 5.74) is 1.82. The van der Waals surface area contributed by atoms with Gasteiger partial charge in [-0.15, -0.1) is 11.3 Å². The average molecular weight is 391 g/mol. The molecular formula is C21H17N3O3S. The van der Waals surface area contributed by atoms with Crippen LogP contribution in [0.2, 0.25) is 0 Å². The molecule has 0 bridgehead atoms. The molecule has 0 aliphatic carbocycles. The van der Waals surface area contributed by atoms with E-state index in [1.807, 2.05) is 36.4 Å². The van der Waals surface area contributed by atoms with Crippen LogP contribution in [-0.4, -0.2) is 40.4 Å². The van der Waals surface area contributed by atoms with Crippen molar-refractivity contribution in [3.8, 4) is 0 Å². The Kier molecular flexibility index (Phi) is 4.99. The van der Waals surface area contributed by atoms with Crippen LogP contribution in [0.1, 0.15) is 15.4 Å². The second-order valence-corrected chi connectivity index (χ2v) is 7.40. The second kappa shape index (κ2) is 7.74. The van der Waals surface area contributed by atoms with Gasteiger partial charge < -0.3 is 9.64 Å². The van der Waals surface area contributed by atoms with Crippen molar-refractivity contribution in [1.82, 2.24) is 14.9 Å². The molecule has 0 unspecified atom stereocenters. The molecule has 140 valence electrons. The molecule has 0 aliphatic rings. The molecule has 2 heterocycles. The molecule has 0 fully saturated rings. The van der Waals surface area contributed by atoms with Gasteiger partial charge in [0.1, 0.15) is 5.01 Å². The van der Waals surface area contributed by atoms with Crippen LogP contribution in [0, 0.1) is 0 Å². The largest absolute Gasteiger partial charge is 0.452 e. The minimum atomic E-state index is -0.564. The van der Waals surface area contributed by atoms with E-state index in [2.05, 4.69) is 9.97 Å². The third-order valence-corrected chi connectivity index (χ3v) is 5.34. The van der Waals surface area contributed by atoms with Crippen molar-refractivity contribution in [2.24, 2.45) is 0 Å². The molecule has 28 heavy (non-hydrogen) atoms. The van der Waals surface area contributed by atoms with E-state index in [0.29, 0.717) is 17.6 Å². The Balaban J connectivity index is 1.39. The van der Waals surface area contributed by atoms with Crippen molar-refractivity contribution < 1.29 is 14.3 Å². The minimum Gasteiger partial charge on any atom is -0.452 e. The summed E-state index contributed by atoms with van der Waals surface area (Å²) in [6.45, 7) is 0.0367. The maximum atomic E-state index is 12.4. The smallest absolute Gasteiger partial charge is 0.340 e. The lowest BCUT2D eigenvalue weighted by Crippen LogP contribution is -2.30. The van der Waals surface area contributed by atoms with Gasteiger partial charge in [0.2, 0.25) is 0 Å². The number of carbonyl (C=O) groups is 2.